The van der Waals surface area contributed by atoms with Crippen molar-refractivity contribution in [3.8, 4) is 0 Å². The molecule has 0 aliphatic carbocycles. The van der Waals surface area contributed by atoms with Gasteiger partial charge in [-0.05, 0) is 12.1 Å². The van der Waals surface area contributed by atoms with Crippen molar-refractivity contribution in [3.05, 3.63) is 47.0 Å². The lowest BCUT2D eigenvalue weighted by atomic mass is 10.2. The van der Waals surface area contributed by atoms with Crippen LogP contribution in [0.5, 0.6) is 0 Å². The fourth-order valence-electron chi connectivity index (χ4n) is 1.24. The van der Waals surface area contributed by atoms with Gasteiger partial charge in [-0.2, -0.15) is 5.10 Å². The first kappa shape index (κ1) is 9.98. The Balaban J connectivity index is 2.11. The highest BCUT2D eigenvalue weighted by Gasteiger charge is 2.06. The number of hydrogen-bond donors (Lipinski definition) is 2. The number of nitrogens with one attached hydrogen (secondary N) is 2. The van der Waals surface area contributed by atoms with Gasteiger partial charge >= 0.3 is 0 Å². The molecule has 5 heteroatoms. The van der Waals surface area contributed by atoms with E-state index in [9.17, 15) is 4.39 Å². The molecule has 0 bridgehead atoms. The Kier molecular flexibility index (Phi) is 2.87. The van der Waals surface area contributed by atoms with Crippen LogP contribution in [0.25, 0.3) is 0 Å². The van der Waals surface area contributed by atoms with Gasteiger partial charge in [0.2, 0.25) is 0 Å². The number of nitrogens with zero attached hydrogens (tertiary/aromatic N) is 1. The van der Waals surface area contributed by atoms with Crippen LogP contribution in [0.3, 0.4) is 0 Å². The number of aromatic amines is 1. The molecule has 2 N–H and O–H groups in total. The van der Waals surface area contributed by atoms with Crippen molar-refractivity contribution >= 4 is 17.3 Å². The molecule has 2 rings (SSSR count). The maximum atomic E-state index is 13.3. The molecule has 0 atom stereocenters. The first-order chi connectivity index (χ1) is 7.27. The van der Waals surface area contributed by atoms with Crippen molar-refractivity contribution < 1.29 is 4.39 Å². The average Bonchev–Trinajstić information content (AvgIpc) is 2.70. The van der Waals surface area contributed by atoms with Gasteiger partial charge in [0, 0.05) is 23.3 Å². The van der Waals surface area contributed by atoms with E-state index < -0.39 is 0 Å². The minimum atomic E-state index is -0.307. The van der Waals surface area contributed by atoms with E-state index in [1.54, 1.807) is 24.5 Å². The minimum Gasteiger partial charge on any atom is -0.378 e. The van der Waals surface area contributed by atoms with Crippen LogP contribution in [0.4, 0.5) is 10.1 Å². The van der Waals surface area contributed by atoms with E-state index in [4.69, 9.17) is 11.6 Å². The molecular weight excluding hydrogens is 217 g/mol. The first-order valence-corrected chi connectivity index (χ1v) is 4.80. The van der Waals surface area contributed by atoms with Crippen LogP contribution in [-0.2, 0) is 6.54 Å². The standard InChI is InChI=1S/C10H9ClFN3/c11-9-2-1-3-10(12)8(9)6-13-7-4-14-15-5-7/h1-5,13H,6H2,(H,14,15). The molecule has 78 valence electrons. The Labute approximate surface area is 91.3 Å². The highest BCUT2D eigenvalue weighted by atomic mass is 35.5. The Morgan fingerprint density at radius 1 is 1.47 bits per heavy atom. The van der Waals surface area contributed by atoms with Crippen LogP contribution >= 0.6 is 11.6 Å². The van der Waals surface area contributed by atoms with E-state index in [2.05, 4.69) is 15.5 Å². The summed E-state index contributed by atoms with van der Waals surface area (Å²) in [6.07, 6.45) is 3.31. The molecule has 2 aromatic rings. The fourth-order valence-corrected chi connectivity index (χ4v) is 1.47. The molecule has 0 aliphatic heterocycles. The van der Waals surface area contributed by atoms with Crippen molar-refractivity contribution in [2.24, 2.45) is 0 Å². The highest BCUT2D eigenvalue weighted by molar-refractivity contribution is 6.31. The van der Waals surface area contributed by atoms with Gasteiger partial charge in [-0.3, -0.25) is 5.10 Å². The molecule has 1 heterocycles. The van der Waals surface area contributed by atoms with Gasteiger partial charge in [0.15, 0.2) is 0 Å². The lowest BCUT2D eigenvalue weighted by molar-refractivity contribution is 0.613. The maximum Gasteiger partial charge on any atom is 0.129 e. The summed E-state index contributed by atoms with van der Waals surface area (Å²) < 4.78 is 13.3. The monoisotopic (exact) mass is 225 g/mol. The topological polar surface area (TPSA) is 40.7 Å². The molecular formula is C10H9ClFN3. The Morgan fingerprint density at radius 3 is 3.00 bits per heavy atom. The Morgan fingerprint density at radius 2 is 2.33 bits per heavy atom. The van der Waals surface area contributed by atoms with E-state index >= 15 is 0 Å². The zero-order valence-electron chi connectivity index (χ0n) is 7.80. The predicted octanol–water partition coefficient (Wildman–Crippen LogP) is 2.81. The molecule has 1 aromatic heterocycles. The van der Waals surface area contributed by atoms with Gasteiger partial charge in [-0.1, -0.05) is 17.7 Å². The van der Waals surface area contributed by atoms with Crippen molar-refractivity contribution in [1.82, 2.24) is 10.2 Å². The molecule has 0 fully saturated rings. The lowest BCUT2D eigenvalue weighted by Crippen LogP contribution is -2.01. The van der Waals surface area contributed by atoms with Crippen LogP contribution in [-0.4, -0.2) is 10.2 Å². The smallest absolute Gasteiger partial charge is 0.129 e. The third kappa shape index (κ3) is 2.27. The molecule has 3 nitrogen and oxygen atoms in total. The normalized spacial score (nSPS) is 10.3. The third-order valence-corrected chi connectivity index (χ3v) is 2.38. The van der Waals surface area contributed by atoms with Gasteiger partial charge in [-0.15, -0.1) is 0 Å². The number of H-pyrrole nitrogens is 1. The summed E-state index contributed by atoms with van der Waals surface area (Å²) in [5, 5.41) is 9.85. The summed E-state index contributed by atoms with van der Waals surface area (Å²) >= 11 is 5.87. The van der Waals surface area contributed by atoms with E-state index in [0.717, 1.165) is 5.69 Å². The second-order valence-corrected chi connectivity index (χ2v) is 3.45. The third-order valence-electron chi connectivity index (χ3n) is 2.03. The number of benzene rings is 1. The lowest BCUT2D eigenvalue weighted by Gasteiger charge is -2.06. The van der Waals surface area contributed by atoms with Crippen LogP contribution in [0.15, 0.2) is 30.6 Å². The molecule has 0 amide bonds. The number of halogens is 2. The van der Waals surface area contributed by atoms with Gasteiger partial charge in [0.05, 0.1) is 11.9 Å². The quantitative estimate of drug-likeness (QED) is 0.843. The molecule has 0 saturated carbocycles. The van der Waals surface area contributed by atoms with Gasteiger partial charge < -0.3 is 5.32 Å². The minimum absolute atomic E-state index is 0.307. The van der Waals surface area contributed by atoms with Gasteiger partial charge in [0.25, 0.3) is 0 Å². The van der Waals surface area contributed by atoms with E-state index in [1.165, 1.54) is 6.07 Å². The van der Waals surface area contributed by atoms with Crippen LogP contribution in [0.2, 0.25) is 5.02 Å². The van der Waals surface area contributed by atoms with Crippen LogP contribution in [0, 0.1) is 5.82 Å². The summed E-state index contributed by atoms with van der Waals surface area (Å²) in [5.74, 6) is -0.307. The van der Waals surface area contributed by atoms with Crippen LogP contribution < -0.4 is 5.32 Å². The molecule has 0 radical (unpaired) electrons. The Hall–Kier alpha value is -1.55. The van der Waals surface area contributed by atoms with Crippen molar-refractivity contribution in [2.75, 3.05) is 5.32 Å². The van der Waals surface area contributed by atoms with E-state index in [0.29, 0.717) is 17.1 Å². The zero-order valence-corrected chi connectivity index (χ0v) is 8.55. The van der Waals surface area contributed by atoms with Crippen LogP contribution in [0.1, 0.15) is 5.56 Å². The van der Waals surface area contributed by atoms with Crippen molar-refractivity contribution in [3.63, 3.8) is 0 Å². The number of hydrogen-bond acceptors (Lipinski definition) is 2. The predicted molar refractivity (Wildman–Crippen MR) is 57.3 cm³/mol. The number of aromatic nitrogens is 2. The van der Waals surface area contributed by atoms with E-state index in [1.807, 2.05) is 0 Å². The maximum absolute atomic E-state index is 13.3. The first-order valence-electron chi connectivity index (χ1n) is 4.43. The summed E-state index contributed by atoms with van der Waals surface area (Å²) in [4.78, 5) is 0. The number of rotatable bonds is 3. The second kappa shape index (κ2) is 4.31. The largest absolute Gasteiger partial charge is 0.378 e. The molecule has 0 aliphatic rings. The molecule has 1 aromatic carbocycles. The second-order valence-electron chi connectivity index (χ2n) is 3.04. The summed E-state index contributed by atoms with van der Waals surface area (Å²) in [6, 6.07) is 4.63. The van der Waals surface area contributed by atoms with Gasteiger partial charge in [-0.25, -0.2) is 4.39 Å². The van der Waals surface area contributed by atoms with Crippen molar-refractivity contribution in [1.29, 1.82) is 0 Å². The Bertz CT molecular complexity index is 422. The van der Waals surface area contributed by atoms with E-state index in [-0.39, 0.29) is 5.82 Å². The highest BCUT2D eigenvalue weighted by Crippen LogP contribution is 2.19. The molecule has 0 spiro atoms. The number of anilines is 1. The summed E-state index contributed by atoms with van der Waals surface area (Å²) in [6.45, 7) is 0.338. The SMILES string of the molecule is Fc1cccc(Cl)c1CNc1cn[nH]c1. The molecule has 0 saturated heterocycles. The fraction of sp³-hybridized carbons (Fsp3) is 0.100. The molecule has 0 unspecified atom stereocenters. The summed E-state index contributed by atoms with van der Waals surface area (Å²) in [7, 11) is 0. The molecule has 15 heavy (non-hydrogen) atoms. The average molecular weight is 226 g/mol. The van der Waals surface area contributed by atoms with Crippen molar-refractivity contribution in [2.45, 2.75) is 6.54 Å². The van der Waals surface area contributed by atoms with Gasteiger partial charge in [0.1, 0.15) is 5.82 Å². The zero-order chi connectivity index (χ0) is 10.7. The summed E-state index contributed by atoms with van der Waals surface area (Å²) in [5.41, 5.74) is 1.26.